The summed E-state index contributed by atoms with van der Waals surface area (Å²) in [6.45, 7) is 3.33. The first-order chi connectivity index (χ1) is 4.22. The van der Waals surface area contributed by atoms with E-state index >= 15 is 0 Å². The van der Waals surface area contributed by atoms with E-state index in [1.807, 2.05) is 0 Å². The van der Waals surface area contributed by atoms with Crippen molar-refractivity contribution in [2.24, 2.45) is 10.3 Å². The molecule has 0 rings (SSSR count). The quantitative estimate of drug-likeness (QED) is 0.342. The van der Waals surface area contributed by atoms with Gasteiger partial charge in [-0.1, -0.05) is 10.3 Å². The SMILES string of the molecule is CON=C(C)C(C)=NO. The van der Waals surface area contributed by atoms with Crippen molar-refractivity contribution in [3.63, 3.8) is 0 Å². The number of nitrogens with zero attached hydrogens (tertiary/aromatic N) is 2. The van der Waals surface area contributed by atoms with Crippen molar-refractivity contribution < 1.29 is 10.0 Å². The highest BCUT2D eigenvalue weighted by Gasteiger charge is 1.94. The van der Waals surface area contributed by atoms with Crippen molar-refractivity contribution >= 4 is 11.4 Å². The number of rotatable bonds is 2. The van der Waals surface area contributed by atoms with Gasteiger partial charge in [0.05, 0.1) is 0 Å². The first-order valence-corrected chi connectivity index (χ1v) is 2.49. The minimum Gasteiger partial charge on any atom is -0.411 e. The Morgan fingerprint density at radius 2 is 1.89 bits per heavy atom. The Labute approximate surface area is 53.8 Å². The van der Waals surface area contributed by atoms with Gasteiger partial charge in [0, 0.05) is 0 Å². The fourth-order valence-electron chi connectivity index (χ4n) is 0.275. The van der Waals surface area contributed by atoms with Crippen LogP contribution in [0.1, 0.15) is 13.8 Å². The molecule has 0 aliphatic carbocycles. The van der Waals surface area contributed by atoms with E-state index in [9.17, 15) is 0 Å². The lowest BCUT2D eigenvalue weighted by atomic mass is 10.3. The predicted octanol–water partition coefficient (Wildman–Crippen LogP) is 0.859. The molecule has 52 valence electrons. The van der Waals surface area contributed by atoms with Gasteiger partial charge in [0.2, 0.25) is 0 Å². The summed E-state index contributed by atoms with van der Waals surface area (Å²) in [5.41, 5.74) is 1.02. The van der Waals surface area contributed by atoms with Crippen LogP contribution in [0.3, 0.4) is 0 Å². The molecule has 0 aromatic heterocycles. The molecule has 0 fully saturated rings. The van der Waals surface area contributed by atoms with Crippen LogP contribution in [0.25, 0.3) is 0 Å². The highest BCUT2D eigenvalue weighted by molar-refractivity contribution is 6.40. The average molecular weight is 130 g/mol. The Balaban J connectivity index is 4.03. The summed E-state index contributed by atoms with van der Waals surface area (Å²) in [5, 5.41) is 14.6. The van der Waals surface area contributed by atoms with Gasteiger partial charge in [-0.15, -0.1) is 0 Å². The molecule has 0 aliphatic rings. The zero-order valence-corrected chi connectivity index (χ0v) is 5.75. The molecule has 0 heterocycles. The normalized spacial score (nSPS) is 13.7. The molecule has 0 spiro atoms. The monoisotopic (exact) mass is 130 g/mol. The first kappa shape index (κ1) is 7.94. The van der Waals surface area contributed by atoms with Crippen LogP contribution in [0, 0.1) is 0 Å². The fourth-order valence-corrected chi connectivity index (χ4v) is 0.275. The molecule has 0 amide bonds. The molecule has 0 aliphatic heterocycles. The van der Waals surface area contributed by atoms with Crippen LogP contribution in [-0.4, -0.2) is 23.7 Å². The third-order valence-corrected chi connectivity index (χ3v) is 0.902. The van der Waals surface area contributed by atoms with E-state index in [0.717, 1.165) is 0 Å². The third kappa shape index (κ3) is 2.69. The Hall–Kier alpha value is -1.06. The average Bonchev–Trinajstić information content (AvgIpc) is 1.87. The zero-order chi connectivity index (χ0) is 7.28. The smallest absolute Gasteiger partial charge is 0.106 e. The Morgan fingerprint density at radius 1 is 1.33 bits per heavy atom. The number of hydrogen-bond donors (Lipinski definition) is 1. The van der Waals surface area contributed by atoms with Crippen molar-refractivity contribution in [2.75, 3.05) is 7.11 Å². The lowest BCUT2D eigenvalue weighted by Gasteiger charge is -1.92. The lowest BCUT2D eigenvalue weighted by molar-refractivity contribution is 0.214. The summed E-state index contributed by atoms with van der Waals surface area (Å²) < 4.78 is 0. The molecular weight excluding hydrogens is 120 g/mol. The predicted molar refractivity (Wildman–Crippen MR) is 35.0 cm³/mol. The maximum absolute atomic E-state index is 8.18. The largest absolute Gasteiger partial charge is 0.411 e. The molecule has 0 aromatic carbocycles. The van der Waals surface area contributed by atoms with Gasteiger partial charge in [-0.2, -0.15) is 0 Å². The summed E-state index contributed by atoms with van der Waals surface area (Å²) in [4.78, 5) is 4.42. The molecule has 0 aromatic rings. The van der Waals surface area contributed by atoms with Crippen molar-refractivity contribution in [3.8, 4) is 0 Å². The molecule has 0 unspecified atom stereocenters. The van der Waals surface area contributed by atoms with E-state index in [1.165, 1.54) is 7.11 Å². The van der Waals surface area contributed by atoms with Gasteiger partial charge < -0.3 is 10.0 Å². The van der Waals surface area contributed by atoms with Gasteiger partial charge in [-0.3, -0.25) is 0 Å². The van der Waals surface area contributed by atoms with E-state index < -0.39 is 0 Å². The number of hydrogen-bond acceptors (Lipinski definition) is 4. The van der Waals surface area contributed by atoms with E-state index in [0.29, 0.717) is 11.4 Å². The molecule has 4 heteroatoms. The van der Waals surface area contributed by atoms with E-state index in [1.54, 1.807) is 13.8 Å². The Kier molecular flexibility index (Phi) is 3.43. The molecule has 0 atom stereocenters. The van der Waals surface area contributed by atoms with Crippen LogP contribution >= 0.6 is 0 Å². The summed E-state index contributed by atoms with van der Waals surface area (Å²) in [6.07, 6.45) is 0. The summed E-state index contributed by atoms with van der Waals surface area (Å²) in [5.74, 6) is 0. The maximum Gasteiger partial charge on any atom is 0.106 e. The summed E-state index contributed by atoms with van der Waals surface area (Å²) in [6, 6.07) is 0. The first-order valence-electron chi connectivity index (χ1n) is 2.49. The van der Waals surface area contributed by atoms with Crippen molar-refractivity contribution in [1.29, 1.82) is 0 Å². The van der Waals surface area contributed by atoms with Crippen molar-refractivity contribution in [3.05, 3.63) is 0 Å². The summed E-state index contributed by atoms with van der Waals surface area (Å²) >= 11 is 0. The minimum atomic E-state index is 0.455. The molecular formula is C5H10N2O2. The van der Waals surface area contributed by atoms with Crippen LogP contribution in [0.2, 0.25) is 0 Å². The minimum absolute atomic E-state index is 0.455. The van der Waals surface area contributed by atoms with Gasteiger partial charge >= 0.3 is 0 Å². The summed E-state index contributed by atoms with van der Waals surface area (Å²) in [7, 11) is 1.44. The zero-order valence-electron chi connectivity index (χ0n) is 5.75. The fraction of sp³-hybridized carbons (Fsp3) is 0.600. The van der Waals surface area contributed by atoms with Gasteiger partial charge in [0.1, 0.15) is 18.5 Å². The van der Waals surface area contributed by atoms with Crippen LogP contribution < -0.4 is 0 Å². The molecule has 9 heavy (non-hydrogen) atoms. The van der Waals surface area contributed by atoms with Crippen LogP contribution in [0.15, 0.2) is 10.3 Å². The van der Waals surface area contributed by atoms with E-state index in [-0.39, 0.29) is 0 Å². The molecule has 0 saturated carbocycles. The van der Waals surface area contributed by atoms with Crippen LogP contribution in [0.5, 0.6) is 0 Å². The molecule has 4 nitrogen and oxygen atoms in total. The lowest BCUT2D eigenvalue weighted by Crippen LogP contribution is -2.05. The van der Waals surface area contributed by atoms with Crippen molar-refractivity contribution in [2.45, 2.75) is 13.8 Å². The van der Waals surface area contributed by atoms with Crippen molar-refractivity contribution in [1.82, 2.24) is 0 Å². The molecule has 1 N–H and O–H groups in total. The Morgan fingerprint density at radius 3 is 2.22 bits per heavy atom. The highest BCUT2D eigenvalue weighted by atomic mass is 16.6. The van der Waals surface area contributed by atoms with Gasteiger partial charge in [-0.05, 0) is 13.8 Å². The van der Waals surface area contributed by atoms with E-state index in [2.05, 4.69) is 15.1 Å². The Bertz CT molecular complexity index is 140. The standard InChI is InChI=1S/C5H10N2O2/c1-4(6-8)5(2)7-9-3/h8H,1-3H3. The second-order valence-corrected chi connectivity index (χ2v) is 1.54. The third-order valence-electron chi connectivity index (χ3n) is 0.902. The van der Waals surface area contributed by atoms with Gasteiger partial charge in [0.25, 0.3) is 0 Å². The second kappa shape index (κ2) is 3.88. The molecule has 0 bridgehead atoms. The van der Waals surface area contributed by atoms with E-state index in [4.69, 9.17) is 5.21 Å². The molecule has 0 saturated heterocycles. The maximum atomic E-state index is 8.18. The van der Waals surface area contributed by atoms with Crippen LogP contribution in [-0.2, 0) is 4.84 Å². The second-order valence-electron chi connectivity index (χ2n) is 1.54. The van der Waals surface area contributed by atoms with Gasteiger partial charge in [0.15, 0.2) is 0 Å². The number of oxime groups is 2. The highest BCUT2D eigenvalue weighted by Crippen LogP contribution is 1.82. The van der Waals surface area contributed by atoms with Crippen LogP contribution in [0.4, 0.5) is 0 Å². The topological polar surface area (TPSA) is 54.2 Å². The molecule has 0 radical (unpaired) electrons. The van der Waals surface area contributed by atoms with Gasteiger partial charge in [-0.25, -0.2) is 0 Å².